The molecule has 2 heteroatoms. The fourth-order valence-electron chi connectivity index (χ4n) is 7.25. The van der Waals surface area contributed by atoms with Crippen LogP contribution in [0.4, 0.5) is 11.4 Å². The van der Waals surface area contributed by atoms with E-state index in [1.807, 2.05) is 0 Å². The van der Waals surface area contributed by atoms with Gasteiger partial charge >= 0.3 is 0 Å². The van der Waals surface area contributed by atoms with Crippen molar-refractivity contribution in [1.29, 1.82) is 0 Å². The van der Waals surface area contributed by atoms with E-state index >= 15 is 0 Å². The first kappa shape index (κ1) is 23.4. The zero-order valence-electron chi connectivity index (χ0n) is 23.1. The molecule has 0 amide bonds. The third kappa shape index (κ3) is 3.39. The van der Waals surface area contributed by atoms with Crippen molar-refractivity contribution in [2.75, 3.05) is 4.90 Å². The van der Waals surface area contributed by atoms with Crippen LogP contribution in [0.25, 0.3) is 43.8 Å². The zero-order chi connectivity index (χ0) is 27.6. The molecule has 198 valence electrons. The smallest absolute Gasteiger partial charge is 0.0630 e. The average molecular weight is 537 g/mol. The Morgan fingerprint density at radius 1 is 0.524 bits per heavy atom. The second-order valence-corrected chi connectivity index (χ2v) is 11.3. The number of nitrogens with zero attached hydrogens (tertiary/aromatic N) is 2. The molecular formula is C40H28N2. The van der Waals surface area contributed by atoms with Gasteiger partial charge in [0.1, 0.15) is 0 Å². The van der Waals surface area contributed by atoms with Crippen LogP contribution in [0.3, 0.4) is 0 Å². The molecule has 2 heterocycles. The van der Waals surface area contributed by atoms with E-state index in [1.54, 1.807) is 0 Å². The molecule has 0 radical (unpaired) electrons. The maximum atomic E-state index is 2.49. The Morgan fingerprint density at radius 3 is 2.17 bits per heavy atom. The normalized spacial score (nSPS) is 17.5. The molecule has 0 N–H and O–H groups in total. The number of anilines is 2. The summed E-state index contributed by atoms with van der Waals surface area (Å²) >= 11 is 0. The van der Waals surface area contributed by atoms with Crippen LogP contribution in [0.15, 0.2) is 158 Å². The van der Waals surface area contributed by atoms with Gasteiger partial charge in [0, 0.05) is 33.5 Å². The second-order valence-electron chi connectivity index (χ2n) is 11.3. The maximum Gasteiger partial charge on any atom is 0.0630 e. The second kappa shape index (κ2) is 9.09. The lowest BCUT2D eigenvalue weighted by molar-refractivity contribution is 0.747. The summed E-state index contributed by atoms with van der Waals surface area (Å²) in [6, 6.07) is 51.0. The Morgan fingerprint density at radius 2 is 1.24 bits per heavy atom. The summed E-state index contributed by atoms with van der Waals surface area (Å²) in [5, 5.41) is 5.08. The van der Waals surface area contributed by atoms with Crippen molar-refractivity contribution in [3.05, 3.63) is 169 Å². The largest absolute Gasteiger partial charge is 0.333 e. The third-order valence-corrected chi connectivity index (χ3v) is 9.10. The van der Waals surface area contributed by atoms with E-state index in [1.165, 1.54) is 66.3 Å². The zero-order valence-corrected chi connectivity index (χ0v) is 23.1. The summed E-state index contributed by atoms with van der Waals surface area (Å²) in [4.78, 5) is 2.49. The Balaban J connectivity index is 1.20. The van der Waals surface area contributed by atoms with E-state index in [2.05, 4.69) is 167 Å². The molecule has 2 aliphatic rings. The van der Waals surface area contributed by atoms with Gasteiger partial charge < -0.3 is 9.47 Å². The highest BCUT2D eigenvalue weighted by Gasteiger charge is 2.38. The summed E-state index contributed by atoms with van der Waals surface area (Å²) < 4.78 is 2.43. The first-order chi connectivity index (χ1) is 20.8. The summed E-state index contributed by atoms with van der Waals surface area (Å²) in [5.41, 5.74) is 10.2. The maximum absolute atomic E-state index is 2.49. The highest BCUT2D eigenvalue weighted by Crippen LogP contribution is 2.49. The number of aromatic nitrogens is 1. The first-order valence-electron chi connectivity index (χ1n) is 14.7. The lowest BCUT2D eigenvalue weighted by Gasteiger charge is -2.29. The molecule has 9 rings (SSSR count). The molecule has 2 nitrogen and oxygen atoms in total. The Bertz CT molecular complexity index is 2210. The van der Waals surface area contributed by atoms with Gasteiger partial charge in [-0.3, -0.25) is 0 Å². The minimum atomic E-state index is 0.269. The minimum absolute atomic E-state index is 0.269. The molecule has 1 aromatic heterocycles. The predicted octanol–water partition coefficient (Wildman–Crippen LogP) is 10.2. The number of benzene rings is 6. The molecule has 0 saturated carbocycles. The molecule has 42 heavy (non-hydrogen) atoms. The van der Waals surface area contributed by atoms with Crippen molar-refractivity contribution in [2.24, 2.45) is 0 Å². The standard InChI is InChI=1S/C40H28N2/c1-2-13-30(14-3-1)41-37-18-8-6-16-32(37)34-25-28(21-23-39(34)41)29-22-24-40-35(26-29)33-17-7-9-19-38(33)42(40)36-20-10-12-27-11-4-5-15-31(27)36/h1-26,34,39H. The molecule has 0 saturated heterocycles. The van der Waals surface area contributed by atoms with Gasteiger partial charge in [0.15, 0.2) is 0 Å². The van der Waals surface area contributed by atoms with E-state index in [0.717, 1.165) is 0 Å². The van der Waals surface area contributed by atoms with Crippen LogP contribution in [0.5, 0.6) is 0 Å². The van der Waals surface area contributed by atoms with Gasteiger partial charge in [-0.1, -0.05) is 115 Å². The summed E-state index contributed by atoms with van der Waals surface area (Å²) in [7, 11) is 0. The third-order valence-electron chi connectivity index (χ3n) is 9.10. The highest BCUT2D eigenvalue weighted by atomic mass is 15.2. The Labute approximate surface area is 245 Å². The van der Waals surface area contributed by atoms with Crippen LogP contribution in [-0.2, 0) is 0 Å². The molecule has 6 aromatic carbocycles. The Kier molecular flexibility index (Phi) is 5.06. The first-order valence-corrected chi connectivity index (χ1v) is 14.7. The number of hydrogen-bond donors (Lipinski definition) is 0. The van der Waals surface area contributed by atoms with Gasteiger partial charge in [0.05, 0.1) is 22.8 Å². The SMILES string of the molecule is C1=CC2C(C=C1c1ccc3c(c1)c1ccccc1n3-c1cccc3ccccc13)c1ccccc1N2c1ccccc1. The van der Waals surface area contributed by atoms with Gasteiger partial charge in [-0.05, 0) is 64.6 Å². The van der Waals surface area contributed by atoms with Crippen molar-refractivity contribution in [2.45, 2.75) is 12.0 Å². The van der Waals surface area contributed by atoms with Gasteiger partial charge in [-0.2, -0.15) is 0 Å². The molecule has 1 aliphatic heterocycles. The summed E-state index contributed by atoms with van der Waals surface area (Å²) in [6.07, 6.45) is 7.21. The molecule has 7 aromatic rings. The van der Waals surface area contributed by atoms with Crippen LogP contribution in [0, 0.1) is 0 Å². The number of para-hydroxylation sites is 3. The van der Waals surface area contributed by atoms with Crippen molar-refractivity contribution >= 4 is 49.5 Å². The molecule has 2 unspecified atom stereocenters. The summed E-state index contributed by atoms with van der Waals surface area (Å²) in [5.74, 6) is 0.300. The number of hydrogen-bond acceptors (Lipinski definition) is 1. The molecule has 2 atom stereocenters. The van der Waals surface area contributed by atoms with Gasteiger partial charge in [-0.25, -0.2) is 0 Å². The van der Waals surface area contributed by atoms with Crippen molar-refractivity contribution in [1.82, 2.24) is 4.57 Å². The van der Waals surface area contributed by atoms with Gasteiger partial charge in [0.25, 0.3) is 0 Å². The molecule has 1 aliphatic carbocycles. The van der Waals surface area contributed by atoms with E-state index in [0.29, 0.717) is 5.92 Å². The van der Waals surface area contributed by atoms with Crippen molar-refractivity contribution in [3.8, 4) is 5.69 Å². The van der Waals surface area contributed by atoms with E-state index < -0.39 is 0 Å². The van der Waals surface area contributed by atoms with Crippen LogP contribution < -0.4 is 4.90 Å². The molecule has 0 spiro atoms. The molecule has 0 fully saturated rings. The van der Waals surface area contributed by atoms with Gasteiger partial charge in [-0.15, -0.1) is 0 Å². The lowest BCUT2D eigenvalue weighted by Crippen LogP contribution is -2.28. The number of allylic oxidation sites excluding steroid dienone is 2. The Hall–Kier alpha value is -5.34. The van der Waals surface area contributed by atoms with Crippen molar-refractivity contribution in [3.63, 3.8) is 0 Å². The number of rotatable bonds is 3. The van der Waals surface area contributed by atoms with Crippen LogP contribution in [0.2, 0.25) is 0 Å². The van der Waals surface area contributed by atoms with E-state index in [-0.39, 0.29) is 6.04 Å². The molecular weight excluding hydrogens is 508 g/mol. The minimum Gasteiger partial charge on any atom is -0.333 e. The monoisotopic (exact) mass is 536 g/mol. The fraction of sp³-hybridized carbons (Fsp3) is 0.0500. The lowest BCUT2D eigenvalue weighted by atomic mass is 9.86. The average Bonchev–Trinajstić information content (AvgIpc) is 3.57. The highest BCUT2D eigenvalue weighted by molar-refractivity contribution is 6.11. The quantitative estimate of drug-likeness (QED) is 0.218. The topological polar surface area (TPSA) is 8.17 Å². The van der Waals surface area contributed by atoms with E-state index in [4.69, 9.17) is 0 Å². The summed E-state index contributed by atoms with van der Waals surface area (Å²) in [6.45, 7) is 0. The molecule has 0 bridgehead atoms. The number of fused-ring (bicyclic) bond motifs is 7. The van der Waals surface area contributed by atoms with Crippen LogP contribution >= 0.6 is 0 Å². The fourth-order valence-corrected chi connectivity index (χ4v) is 7.25. The predicted molar refractivity (Wildman–Crippen MR) is 177 cm³/mol. The van der Waals surface area contributed by atoms with E-state index in [9.17, 15) is 0 Å². The van der Waals surface area contributed by atoms with Gasteiger partial charge in [0.2, 0.25) is 0 Å². The van der Waals surface area contributed by atoms with Crippen LogP contribution in [0.1, 0.15) is 17.0 Å². The van der Waals surface area contributed by atoms with Crippen LogP contribution in [-0.4, -0.2) is 10.6 Å². The van der Waals surface area contributed by atoms with Crippen molar-refractivity contribution < 1.29 is 0 Å².